The average Bonchev–Trinajstić information content (AvgIpc) is 2.95. The Balaban J connectivity index is 1.33. The number of carbonyl (C=O) groups excluding carboxylic acids is 1. The fourth-order valence-corrected chi connectivity index (χ4v) is 5.51. The van der Waals surface area contributed by atoms with Gasteiger partial charge in [-0.2, -0.15) is 0 Å². The van der Waals surface area contributed by atoms with Gasteiger partial charge in [0.2, 0.25) is 0 Å². The first-order chi connectivity index (χ1) is 17.7. The number of carbonyl (C=O) groups is 1. The Kier molecular flexibility index (Phi) is 5.76. The third-order valence-electron chi connectivity index (χ3n) is 6.43. The zero-order valence-corrected chi connectivity index (χ0v) is 20.4. The molecule has 1 heterocycles. The lowest BCUT2D eigenvalue weighted by Crippen LogP contribution is -2.03. The van der Waals surface area contributed by atoms with Gasteiger partial charge in [-0.15, -0.1) is 0 Å². The van der Waals surface area contributed by atoms with E-state index in [4.69, 9.17) is 0 Å². The molecule has 0 unspecified atom stereocenters. The molecule has 1 aliphatic heterocycles. The highest BCUT2D eigenvalue weighted by Crippen LogP contribution is 2.45. The second-order valence-corrected chi connectivity index (χ2v) is 9.82. The van der Waals surface area contributed by atoms with E-state index in [1.807, 2.05) is 66.7 Å². The molecule has 5 aromatic carbocycles. The van der Waals surface area contributed by atoms with Crippen LogP contribution < -0.4 is 5.32 Å². The van der Waals surface area contributed by atoms with Crippen molar-refractivity contribution < 1.29 is 4.79 Å². The van der Waals surface area contributed by atoms with Crippen molar-refractivity contribution in [3.8, 4) is 11.1 Å². The topological polar surface area (TPSA) is 29.1 Å². The number of hydrogen-bond acceptors (Lipinski definition) is 3. The average molecular weight is 482 g/mol. The van der Waals surface area contributed by atoms with Gasteiger partial charge in [-0.1, -0.05) is 109 Å². The van der Waals surface area contributed by atoms with Crippen LogP contribution in [-0.2, 0) is 0 Å². The maximum atomic E-state index is 13.3. The van der Waals surface area contributed by atoms with Gasteiger partial charge in [-0.05, 0) is 58.2 Å². The van der Waals surface area contributed by atoms with E-state index >= 15 is 0 Å². The fourth-order valence-electron chi connectivity index (χ4n) is 4.55. The number of nitrogens with one attached hydrogen (secondary N) is 1. The summed E-state index contributed by atoms with van der Waals surface area (Å²) in [4.78, 5) is 15.7. The standard InChI is InChI=1S/C33H23NOS/c1-22(25-18-19-32-30(21-25)34-29-16-7-8-17-31(29)36-32)24-12-9-13-26(20-24)27-14-5-6-15-28(27)33(35)23-10-3-2-4-11-23/h2-21,34H,1H2. The fraction of sp³-hybridized carbons (Fsp3) is 0. The van der Waals surface area contributed by atoms with Gasteiger partial charge in [0.15, 0.2) is 5.78 Å². The van der Waals surface area contributed by atoms with E-state index < -0.39 is 0 Å². The van der Waals surface area contributed by atoms with E-state index in [0.29, 0.717) is 11.1 Å². The van der Waals surface area contributed by atoms with Crippen LogP contribution in [0.3, 0.4) is 0 Å². The maximum absolute atomic E-state index is 13.3. The van der Waals surface area contributed by atoms with Crippen molar-refractivity contribution in [2.45, 2.75) is 9.79 Å². The molecule has 172 valence electrons. The molecule has 0 spiro atoms. The minimum Gasteiger partial charge on any atom is -0.354 e. The number of anilines is 2. The Labute approximate surface area is 215 Å². The molecule has 1 N–H and O–H groups in total. The lowest BCUT2D eigenvalue weighted by molar-refractivity contribution is 0.103. The van der Waals surface area contributed by atoms with Crippen LogP contribution in [0.1, 0.15) is 27.0 Å². The van der Waals surface area contributed by atoms with E-state index in [1.54, 1.807) is 11.8 Å². The molecule has 0 fully saturated rings. The Morgan fingerprint density at radius 1 is 0.611 bits per heavy atom. The molecule has 0 atom stereocenters. The summed E-state index contributed by atoms with van der Waals surface area (Å²) in [7, 11) is 0. The van der Waals surface area contributed by atoms with Crippen molar-refractivity contribution in [1.82, 2.24) is 0 Å². The zero-order chi connectivity index (χ0) is 24.5. The molecule has 0 aliphatic carbocycles. The molecular formula is C33H23NOS. The third kappa shape index (κ3) is 4.15. The van der Waals surface area contributed by atoms with Gasteiger partial charge in [0.1, 0.15) is 0 Å². The summed E-state index contributed by atoms with van der Waals surface area (Å²) in [6.07, 6.45) is 0. The molecule has 1 aliphatic rings. The van der Waals surface area contributed by atoms with Gasteiger partial charge in [0.25, 0.3) is 0 Å². The van der Waals surface area contributed by atoms with E-state index in [1.165, 1.54) is 9.79 Å². The van der Waals surface area contributed by atoms with Crippen molar-refractivity contribution in [1.29, 1.82) is 0 Å². The van der Waals surface area contributed by atoms with Crippen molar-refractivity contribution in [2.75, 3.05) is 5.32 Å². The molecular weight excluding hydrogens is 458 g/mol. The Bertz CT molecular complexity index is 1620. The van der Waals surface area contributed by atoms with Gasteiger partial charge in [0.05, 0.1) is 11.4 Å². The minimum absolute atomic E-state index is 0.0222. The zero-order valence-electron chi connectivity index (χ0n) is 19.6. The summed E-state index contributed by atoms with van der Waals surface area (Å²) in [6, 6.07) is 40.3. The SMILES string of the molecule is C=C(c1cccc(-c2ccccc2C(=O)c2ccccc2)c1)c1ccc2c(c1)Nc1ccccc1S2. The third-order valence-corrected chi connectivity index (χ3v) is 7.59. The van der Waals surface area contributed by atoms with Crippen molar-refractivity contribution in [3.05, 3.63) is 150 Å². The summed E-state index contributed by atoms with van der Waals surface area (Å²) in [6.45, 7) is 4.43. The number of para-hydroxylation sites is 1. The summed E-state index contributed by atoms with van der Waals surface area (Å²) in [5, 5.41) is 3.56. The van der Waals surface area contributed by atoms with Crippen LogP contribution in [0.4, 0.5) is 11.4 Å². The number of ketones is 1. The van der Waals surface area contributed by atoms with Crippen molar-refractivity contribution in [2.24, 2.45) is 0 Å². The Morgan fingerprint density at radius 2 is 1.31 bits per heavy atom. The van der Waals surface area contributed by atoms with Crippen molar-refractivity contribution >= 4 is 34.5 Å². The largest absolute Gasteiger partial charge is 0.354 e. The van der Waals surface area contributed by atoms with Crippen LogP contribution in [-0.4, -0.2) is 5.78 Å². The van der Waals surface area contributed by atoms with Crippen LogP contribution in [0.2, 0.25) is 0 Å². The minimum atomic E-state index is 0.0222. The van der Waals surface area contributed by atoms with Gasteiger partial charge in [0, 0.05) is 20.9 Å². The monoisotopic (exact) mass is 481 g/mol. The second-order valence-electron chi connectivity index (χ2n) is 8.73. The number of rotatable bonds is 5. The first-order valence-corrected chi connectivity index (χ1v) is 12.7. The van der Waals surface area contributed by atoms with Crippen LogP contribution in [0.25, 0.3) is 16.7 Å². The van der Waals surface area contributed by atoms with Crippen LogP contribution in [0, 0.1) is 0 Å². The van der Waals surface area contributed by atoms with E-state index in [2.05, 4.69) is 66.5 Å². The van der Waals surface area contributed by atoms with Crippen LogP contribution in [0.15, 0.2) is 138 Å². The Hall–Kier alpha value is -4.34. The molecule has 0 amide bonds. The summed E-state index contributed by atoms with van der Waals surface area (Å²) >= 11 is 1.78. The van der Waals surface area contributed by atoms with Gasteiger partial charge in [-0.3, -0.25) is 4.79 Å². The van der Waals surface area contributed by atoms with Gasteiger partial charge in [-0.25, -0.2) is 0 Å². The number of benzene rings is 5. The molecule has 0 aromatic heterocycles. The molecule has 5 aromatic rings. The summed E-state index contributed by atoms with van der Waals surface area (Å²) in [5.74, 6) is 0.0222. The summed E-state index contributed by atoms with van der Waals surface area (Å²) < 4.78 is 0. The van der Waals surface area contributed by atoms with E-state index in [-0.39, 0.29) is 5.78 Å². The molecule has 0 bridgehead atoms. The van der Waals surface area contributed by atoms with Gasteiger partial charge < -0.3 is 5.32 Å². The molecule has 0 radical (unpaired) electrons. The smallest absolute Gasteiger partial charge is 0.193 e. The molecule has 0 saturated carbocycles. The molecule has 36 heavy (non-hydrogen) atoms. The highest BCUT2D eigenvalue weighted by atomic mass is 32.2. The quantitative estimate of drug-likeness (QED) is 0.249. The highest BCUT2D eigenvalue weighted by molar-refractivity contribution is 7.99. The van der Waals surface area contributed by atoms with Crippen LogP contribution >= 0.6 is 11.8 Å². The maximum Gasteiger partial charge on any atom is 0.193 e. The first-order valence-electron chi connectivity index (χ1n) is 11.8. The van der Waals surface area contributed by atoms with E-state index in [0.717, 1.165) is 39.2 Å². The van der Waals surface area contributed by atoms with Crippen molar-refractivity contribution in [3.63, 3.8) is 0 Å². The molecule has 2 nitrogen and oxygen atoms in total. The lowest BCUT2D eigenvalue weighted by atomic mass is 9.91. The predicted molar refractivity (Wildman–Crippen MR) is 150 cm³/mol. The predicted octanol–water partition coefficient (Wildman–Crippen LogP) is 8.85. The molecule has 6 rings (SSSR count). The van der Waals surface area contributed by atoms with Gasteiger partial charge >= 0.3 is 0 Å². The highest BCUT2D eigenvalue weighted by Gasteiger charge is 2.17. The second kappa shape index (κ2) is 9.37. The lowest BCUT2D eigenvalue weighted by Gasteiger charge is -2.21. The normalized spacial score (nSPS) is 11.7. The van der Waals surface area contributed by atoms with Crippen LogP contribution in [0.5, 0.6) is 0 Å². The number of fused-ring (bicyclic) bond motifs is 2. The molecule has 0 saturated heterocycles. The summed E-state index contributed by atoms with van der Waals surface area (Å²) in [5.41, 5.74) is 8.54. The number of hydrogen-bond donors (Lipinski definition) is 1. The van der Waals surface area contributed by atoms with E-state index in [9.17, 15) is 4.79 Å². The molecule has 3 heteroatoms. The first kappa shape index (κ1) is 22.1. The Morgan fingerprint density at radius 3 is 2.19 bits per heavy atom.